The van der Waals surface area contributed by atoms with Crippen molar-refractivity contribution >= 4 is 17.6 Å². The fraction of sp³-hybridized carbons (Fsp3) is 0.400. The van der Waals surface area contributed by atoms with Crippen LogP contribution in [0.3, 0.4) is 0 Å². The van der Waals surface area contributed by atoms with Crippen LogP contribution in [0, 0.1) is 6.92 Å². The lowest BCUT2D eigenvalue weighted by molar-refractivity contribution is 0.0581. The van der Waals surface area contributed by atoms with Crippen LogP contribution in [0.5, 0.6) is 0 Å². The first-order valence-electron chi connectivity index (χ1n) is 4.44. The molecule has 0 unspecified atom stereocenters. The summed E-state index contributed by atoms with van der Waals surface area (Å²) >= 11 is 5.57. The molecule has 0 amide bonds. The lowest BCUT2D eigenvalue weighted by atomic mass is 10.1. The number of rotatable bonds is 3. The number of pyridine rings is 1. The molecule has 0 radical (unpaired) electrons. The van der Waals surface area contributed by atoms with Gasteiger partial charge < -0.3 is 4.74 Å². The summed E-state index contributed by atoms with van der Waals surface area (Å²) in [6.45, 7) is 1.60. The second-order valence-electron chi connectivity index (χ2n) is 3.10. The van der Waals surface area contributed by atoms with Crippen molar-refractivity contribution in [2.24, 2.45) is 0 Å². The van der Waals surface area contributed by atoms with Crippen molar-refractivity contribution in [1.29, 1.82) is 0 Å². The summed E-state index contributed by atoms with van der Waals surface area (Å²) in [5, 5.41) is 0. The van der Waals surface area contributed by atoms with E-state index in [0.29, 0.717) is 11.3 Å². The third-order valence-electron chi connectivity index (χ3n) is 2.11. The first kappa shape index (κ1) is 12.8. The quantitative estimate of drug-likeness (QED) is 0.611. The molecule has 0 spiro atoms. The highest BCUT2D eigenvalue weighted by molar-refractivity contribution is 6.17. The minimum Gasteiger partial charge on any atom is -0.464 e. The van der Waals surface area contributed by atoms with Gasteiger partial charge in [0.05, 0.1) is 12.7 Å². The Balaban J connectivity index is 3.36. The number of aryl methyl sites for hydroxylation is 1. The number of halogens is 3. The van der Waals surface area contributed by atoms with Crippen LogP contribution in [0.1, 0.15) is 33.7 Å². The Morgan fingerprint density at radius 1 is 1.62 bits per heavy atom. The maximum Gasteiger partial charge on any atom is 0.357 e. The van der Waals surface area contributed by atoms with Gasteiger partial charge in [-0.1, -0.05) is 0 Å². The van der Waals surface area contributed by atoms with Crippen LogP contribution in [0.15, 0.2) is 6.07 Å². The van der Waals surface area contributed by atoms with Gasteiger partial charge in [0, 0.05) is 11.6 Å². The molecule has 1 aromatic rings. The molecule has 0 fully saturated rings. The largest absolute Gasteiger partial charge is 0.464 e. The molecular formula is C10H10ClF2NO2. The predicted octanol–water partition coefficient (Wildman–Crippen LogP) is 2.85. The monoisotopic (exact) mass is 249 g/mol. The average molecular weight is 250 g/mol. The minimum atomic E-state index is -2.79. The number of hydrogen-bond donors (Lipinski definition) is 0. The fourth-order valence-electron chi connectivity index (χ4n) is 1.23. The van der Waals surface area contributed by atoms with E-state index in [1.807, 2.05) is 0 Å². The number of aromatic nitrogens is 1. The summed E-state index contributed by atoms with van der Waals surface area (Å²) in [6, 6.07) is 1.19. The standard InChI is InChI=1S/C10H10ClF2NO2/c1-5-6(4-11)3-7(9(12)13)8(14-5)10(15)16-2/h3,9H,4H2,1-2H3. The van der Waals surface area contributed by atoms with Gasteiger partial charge in [-0.2, -0.15) is 0 Å². The fourth-order valence-corrected chi connectivity index (χ4v) is 1.50. The number of hydrogen-bond acceptors (Lipinski definition) is 3. The highest BCUT2D eigenvalue weighted by Crippen LogP contribution is 2.25. The van der Waals surface area contributed by atoms with Crippen molar-refractivity contribution in [2.45, 2.75) is 19.2 Å². The van der Waals surface area contributed by atoms with E-state index in [9.17, 15) is 13.6 Å². The van der Waals surface area contributed by atoms with Gasteiger partial charge in [-0.25, -0.2) is 18.6 Å². The Hall–Kier alpha value is -1.23. The van der Waals surface area contributed by atoms with E-state index in [1.165, 1.54) is 6.07 Å². The molecule has 16 heavy (non-hydrogen) atoms. The van der Waals surface area contributed by atoms with Crippen LogP contribution in [-0.2, 0) is 10.6 Å². The van der Waals surface area contributed by atoms with Gasteiger partial charge in [0.15, 0.2) is 5.69 Å². The van der Waals surface area contributed by atoms with E-state index in [-0.39, 0.29) is 11.6 Å². The summed E-state index contributed by atoms with van der Waals surface area (Å²) in [5.41, 5.74) is 0.112. The molecule has 0 aliphatic heterocycles. The number of nitrogens with zero attached hydrogens (tertiary/aromatic N) is 1. The van der Waals surface area contributed by atoms with E-state index in [2.05, 4.69) is 9.72 Å². The number of carbonyl (C=O) groups excluding carboxylic acids is 1. The van der Waals surface area contributed by atoms with Gasteiger partial charge in [0.1, 0.15) is 0 Å². The minimum absolute atomic E-state index is 0.0695. The molecule has 6 heteroatoms. The molecule has 3 nitrogen and oxygen atoms in total. The molecule has 0 aliphatic carbocycles. The zero-order valence-electron chi connectivity index (χ0n) is 8.76. The topological polar surface area (TPSA) is 39.2 Å². The highest BCUT2D eigenvalue weighted by Gasteiger charge is 2.22. The van der Waals surface area contributed by atoms with Crippen molar-refractivity contribution in [3.05, 3.63) is 28.6 Å². The Labute approximate surface area is 96.4 Å². The number of methoxy groups -OCH3 is 1. The van der Waals surface area contributed by atoms with Crippen molar-refractivity contribution in [3.63, 3.8) is 0 Å². The predicted molar refractivity (Wildman–Crippen MR) is 54.8 cm³/mol. The van der Waals surface area contributed by atoms with Gasteiger partial charge in [-0.05, 0) is 18.6 Å². The molecular weight excluding hydrogens is 240 g/mol. The van der Waals surface area contributed by atoms with E-state index < -0.39 is 18.0 Å². The zero-order valence-corrected chi connectivity index (χ0v) is 9.52. The Bertz CT molecular complexity index is 410. The van der Waals surface area contributed by atoms with E-state index >= 15 is 0 Å². The Morgan fingerprint density at radius 3 is 2.69 bits per heavy atom. The van der Waals surface area contributed by atoms with Gasteiger partial charge in [0.2, 0.25) is 0 Å². The van der Waals surface area contributed by atoms with Crippen molar-refractivity contribution in [2.75, 3.05) is 7.11 Å². The maximum absolute atomic E-state index is 12.7. The highest BCUT2D eigenvalue weighted by atomic mass is 35.5. The molecule has 0 aromatic carbocycles. The summed E-state index contributed by atoms with van der Waals surface area (Å²) in [4.78, 5) is 15.0. The molecule has 0 aliphatic rings. The number of alkyl halides is 3. The molecule has 0 N–H and O–H groups in total. The smallest absolute Gasteiger partial charge is 0.357 e. The second-order valence-corrected chi connectivity index (χ2v) is 3.36. The first-order valence-corrected chi connectivity index (χ1v) is 4.97. The van der Waals surface area contributed by atoms with Crippen molar-refractivity contribution in [1.82, 2.24) is 4.98 Å². The lowest BCUT2D eigenvalue weighted by Crippen LogP contribution is -2.11. The van der Waals surface area contributed by atoms with Gasteiger partial charge >= 0.3 is 5.97 Å². The van der Waals surface area contributed by atoms with Crippen LogP contribution in [-0.4, -0.2) is 18.1 Å². The number of carbonyl (C=O) groups is 1. The van der Waals surface area contributed by atoms with Crippen molar-refractivity contribution < 1.29 is 18.3 Å². The molecule has 0 saturated carbocycles. The third-order valence-corrected chi connectivity index (χ3v) is 2.39. The van der Waals surface area contributed by atoms with Gasteiger partial charge in [-0.3, -0.25) is 0 Å². The number of esters is 1. The lowest BCUT2D eigenvalue weighted by Gasteiger charge is -2.10. The van der Waals surface area contributed by atoms with Crippen LogP contribution in [0.4, 0.5) is 8.78 Å². The van der Waals surface area contributed by atoms with Gasteiger partial charge in [-0.15, -0.1) is 11.6 Å². The molecule has 88 valence electrons. The van der Waals surface area contributed by atoms with Crippen LogP contribution in [0.25, 0.3) is 0 Å². The second kappa shape index (κ2) is 5.21. The summed E-state index contributed by atoms with van der Waals surface area (Å²) < 4.78 is 29.8. The van der Waals surface area contributed by atoms with Crippen LogP contribution < -0.4 is 0 Å². The van der Waals surface area contributed by atoms with E-state index in [1.54, 1.807) is 6.92 Å². The normalized spacial score (nSPS) is 10.6. The maximum atomic E-state index is 12.7. The Kier molecular flexibility index (Phi) is 4.18. The van der Waals surface area contributed by atoms with Crippen LogP contribution in [0.2, 0.25) is 0 Å². The summed E-state index contributed by atoms with van der Waals surface area (Å²) in [6.07, 6.45) is -2.79. The van der Waals surface area contributed by atoms with E-state index in [4.69, 9.17) is 11.6 Å². The van der Waals surface area contributed by atoms with Crippen molar-refractivity contribution in [3.8, 4) is 0 Å². The SMILES string of the molecule is COC(=O)c1nc(C)c(CCl)cc1C(F)F. The summed E-state index contributed by atoms with van der Waals surface area (Å²) in [5.74, 6) is -0.806. The molecule has 0 bridgehead atoms. The van der Waals surface area contributed by atoms with Gasteiger partial charge in [0.25, 0.3) is 6.43 Å². The molecule has 1 aromatic heterocycles. The molecule has 0 saturated heterocycles. The zero-order chi connectivity index (χ0) is 12.3. The average Bonchev–Trinajstić information content (AvgIpc) is 2.27. The summed E-state index contributed by atoms with van der Waals surface area (Å²) in [7, 11) is 1.12. The van der Waals surface area contributed by atoms with E-state index in [0.717, 1.165) is 7.11 Å². The molecule has 0 atom stereocenters. The number of ether oxygens (including phenoxy) is 1. The molecule has 1 heterocycles. The Morgan fingerprint density at radius 2 is 2.25 bits per heavy atom. The van der Waals surface area contributed by atoms with Crippen LogP contribution >= 0.6 is 11.6 Å². The first-order chi connectivity index (χ1) is 7.51. The third kappa shape index (κ3) is 2.47. The molecule has 1 rings (SSSR count).